The first-order chi connectivity index (χ1) is 19.7. The van der Waals surface area contributed by atoms with Crippen molar-refractivity contribution in [3.8, 4) is 0 Å². The minimum atomic E-state index is -0.246. The first-order valence-corrected chi connectivity index (χ1v) is 16.9. The number of hydrogen-bond donors (Lipinski definition) is 1. The van der Waals surface area contributed by atoms with Crippen molar-refractivity contribution in [2.45, 2.75) is 156 Å². The van der Waals surface area contributed by atoms with Crippen molar-refractivity contribution in [3.63, 3.8) is 0 Å². The van der Waals surface area contributed by atoms with Crippen LogP contribution in [-0.2, 0) is 0 Å². The van der Waals surface area contributed by atoms with Gasteiger partial charge in [0.15, 0.2) is 5.76 Å². The smallest absolute Gasteiger partial charge is 0.227 e. The molecule has 41 heavy (non-hydrogen) atoms. The Morgan fingerprint density at radius 2 is 1.20 bits per heavy atom. The zero-order valence-electron chi connectivity index (χ0n) is 27.7. The van der Waals surface area contributed by atoms with Gasteiger partial charge in [-0.25, -0.2) is 0 Å². The van der Waals surface area contributed by atoms with Gasteiger partial charge in [0.1, 0.15) is 0 Å². The molecule has 0 radical (unpaired) electrons. The van der Waals surface area contributed by atoms with Crippen LogP contribution in [0.15, 0.2) is 42.2 Å². The molecule has 0 bridgehead atoms. The van der Waals surface area contributed by atoms with Crippen molar-refractivity contribution in [2.24, 2.45) is 0 Å². The maximum Gasteiger partial charge on any atom is 0.227 e. The number of aliphatic hydroxyl groups is 1. The molecular formula is C39H60O2. The van der Waals surface area contributed by atoms with E-state index in [1.54, 1.807) is 6.08 Å². The van der Waals surface area contributed by atoms with Crippen LogP contribution in [0.5, 0.6) is 0 Å². The summed E-state index contributed by atoms with van der Waals surface area (Å²) >= 11 is 0. The van der Waals surface area contributed by atoms with Gasteiger partial charge < -0.3 is 5.11 Å². The second kappa shape index (κ2) is 18.2. The summed E-state index contributed by atoms with van der Waals surface area (Å²) in [5.74, 6) is 1.09. The third-order valence-electron chi connectivity index (χ3n) is 9.11. The fraction of sp³-hybridized carbons (Fsp3) is 0.615. The molecule has 0 aliphatic rings. The summed E-state index contributed by atoms with van der Waals surface area (Å²) in [6.45, 7) is 18.0. The molecule has 0 saturated carbocycles. The Bertz CT molecular complexity index is 1090. The Morgan fingerprint density at radius 3 is 1.76 bits per heavy atom. The fourth-order valence-corrected chi connectivity index (χ4v) is 6.25. The van der Waals surface area contributed by atoms with Crippen LogP contribution in [-0.4, -0.2) is 10.9 Å². The van der Waals surface area contributed by atoms with Gasteiger partial charge >= 0.3 is 0 Å². The molecule has 4 atom stereocenters. The first-order valence-electron chi connectivity index (χ1n) is 16.9. The van der Waals surface area contributed by atoms with Crippen LogP contribution >= 0.6 is 0 Å². The summed E-state index contributed by atoms with van der Waals surface area (Å²) in [7, 11) is 0. The van der Waals surface area contributed by atoms with Crippen LogP contribution in [0.4, 0.5) is 0 Å². The average molecular weight is 561 g/mol. The number of rotatable bonds is 19. The highest BCUT2D eigenvalue weighted by atomic mass is 16.3. The van der Waals surface area contributed by atoms with E-state index in [0.29, 0.717) is 23.3 Å². The molecule has 0 aliphatic carbocycles. The van der Waals surface area contributed by atoms with E-state index in [1.807, 2.05) is 12.1 Å². The van der Waals surface area contributed by atoms with Crippen LogP contribution in [0.2, 0.25) is 0 Å². The second-order valence-corrected chi connectivity index (χ2v) is 12.7. The maximum absolute atomic E-state index is 14.0. The number of benzene rings is 2. The third-order valence-corrected chi connectivity index (χ3v) is 9.11. The second-order valence-electron chi connectivity index (χ2n) is 12.7. The van der Waals surface area contributed by atoms with Gasteiger partial charge in [-0.15, -0.1) is 0 Å². The molecule has 2 rings (SSSR count). The predicted molar refractivity (Wildman–Crippen MR) is 180 cm³/mol. The normalized spacial score (nSPS) is 15.0. The Morgan fingerprint density at radius 1 is 0.683 bits per heavy atom. The zero-order valence-corrected chi connectivity index (χ0v) is 27.7. The Hall–Kier alpha value is -2.35. The standard InChI is InChI=1S/C39H60O2/c1-9-13-18-28(5)32-24-25-34(29(6)19-14-10-2)33(26-32)27-37(40)39(41)36-23-17-22-35(30(7)20-15-11-3)38(36)31(8)21-16-12-4/h17,22-31,40H,9-16,18-21H2,1-8H3. The van der Waals surface area contributed by atoms with Crippen molar-refractivity contribution in [3.05, 3.63) is 75.5 Å². The van der Waals surface area contributed by atoms with Crippen molar-refractivity contribution in [1.82, 2.24) is 0 Å². The maximum atomic E-state index is 14.0. The quantitative estimate of drug-likeness (QED) is 0.105. The molecule has 0 aliphatic heterocycles. The number of carbonyl (C=O) groups excluding carboxylic acids is 1. The lowest BCUT2D eigenvalue weighted by molar-refractivity contribution is 0.0979. The van der Waals surface area contributed by atoms with Gasteiger partial charge in [-0.2, -0.15) is 0 Å². The van der Waals surface area contributed by atoms with Gasteiger partial charge in [0, 0.05) is 5.56 Å². The van der Waals surface area contributed by atoms with Crippen molar-refractivity contribution < 1.29 is 9.90 Å². The molecule has 2 aromatic carbocycles. The summed E-state index contributed by atoms with van der Waals surface area (Å²) in [5, 5.41) is 11.4. The number of Topliss-reactive ketones (excluding diaryl/α,β-unsaturated/α-hetero) is 1. The van der Waals surface area contributed by atoms with Gasteiger partial charge in [0.2, 0.25) is 5.78 Å². The van der Waals surface area contributed by atoms with E-state index in [9.17, 15) is 9.90 Å². The number of hydrogen-bond acceptors (Lipinski definition) is 2. The molecule has 0 heterocycles. The Kier molecular flexibility index (Phi) is 15.5. The molecule has 0 saturated heterocycles. The minimum Gasteiger partial charge on any atom is -0.504 e. The third kappa shape index (κ3) is 10.2. The lowest BCUT2D eigenvalue weighted by Crippen LogP contribution is -2.13. The van der Waals surface area contributed by atoms with Crippen molar-refractivity contribution >= 4 is 11.9 Å². The Balaban J connectivity index is 2.59. The van der Waals surface area contributed by atoms with E-state index in [1.165, 1.54) is 48.8 Å². The summed E-state index contributed by atoms with van der Waals surface area (Å²) in [5.41, 5.74) is 6.61. The number of ketones is 1. The number of allylic oxidation sites excluding steroid dienone is 1. The van der Waals surface area contributed by atoms with E-state index in [0.717, 1.165) is 56.1 Å². The minimum absolute atomic E-state index is 0.144. The first kappa shape index (κ1) is 34.8. The summed E-state index contributed by atoms with van der Waals surface area (Å²) in [6, 6.07) is 12.9. The lowest BCUT2D eigenvalue weighted by atomic mass is 9.80. The topological polar surface area (TPSA) is 37.3 Å². The molecule has 0 amide bonds. The Labute approximate surface area is 253 Å². The van der Waals surface area contributed by atoms with Crippen molar-refractivity contribution in [1.29, 1.82) is 0 Å². The van der Waals surface area contributed by atoms with Crippen LogP contribution in [0, 0.1) is 0 Å². The number of carbonyl (C=O) groups is 1. The lowest BCUT2D eigenvalue weighted by Gasteiger charge is -2.24. The molecule has 228 valence electrons. The average Bonchev–Trinajstić information content (AvgIpc) is 2.98. The highest BCUT2D eigenvalue weighted by Crippen LogP contribution is 2.36. The van der Waals surface area contributed by atoms with Gasteiger partial charge in [0.05, 0.1) is 0 Å². The summed E-state index contributed by atoms with van der Waals surface area (Å²) < 4.78 is 0. The van der Waals surface area contributed by atoms with Crippen LogP contribution in [0.25, 0.3) is 6.08 Å². The van der Waals surface area contributed by atoms with E-state index >= 15 is 0 Å². The molecular weight excluding hydrogens is 500 g/mol. The number of unbranched alkanes of at least 4 members (excludes halogenated alkanes) is 4. The van der Waals surface area contributed by atoms with E-state index in [2.05, 4.69) is 79.7 Å². The van der Waals surface area contributed by atoms with Gasteiger partial charge in [-0.1, -0.05) is 143 Å². The van der Waals surface area contributed by atoms with Crippen LogP contribution in [0.3, 0.4) is 0 Å². The van der Waals surface area contributed by atoms with Crippen molar-refractivity contribution in [2.75, 3.05) is 0 Å². The van der Waals surface area contributed by atoms with E-state index < -0.39 is 0 Å². The highest BCUT2D eigenvalue weighted by molar-refractivity contribution is 6.10. The molecule has 1 N–H and O–H groups in total. The van der Waals surface area contributed by atoms with Gasteiger partial charge in [-0.3, -0.25) is 4.79 Å². The summed E-state index contributed by atoms with van der Waals surface area (Å²) in [6.07, 6.45) is 15.5. The molecule has 0 spiro atoms. The predicted octanol–water partition coefficient (Wildman–Crippen LogP) is 12.6. The molecule has 2 aromatic rings. The number of aliphatic hydroxyl groups excluding tert-OH is 1. The SMILES string of the molecule is CCCCC(C)c1ccc(C(C)CCCC)c(C=C(O)C(=O)c2cccc(C(C)CCCC)c2C(C)CCCC)c1. The largest absolute Gasteiger partial charge is 0.504 e. The van der Waals surface area contributed by atoms with E-state index in [4.69, 9.17) is 0 Å². The van der Waals surface area contributed by atoms with Crippen LogP contribution in [0.1, 0.15) is 194 Å². The molecule has 2 heteroatoms. The fourth-order valence-electron chi connectivity index (χ4n) is 6.25. The van der Waals surface area contributed by atoms with Gasteiger partial charge in [-0.05, 0) is 83.2 Å². The molecule has 0 fully saturated rings. The molecule has 0 aromatic heterocycles. The monoisotopic (exact) mass is 560 g/mol. The molecule has 2 nitrogen and oxygen atoms in total. The van der Waals surface area contributed by atoms with E-state index in [-0.39, 0.29) is 17.5 Å². The zero-order chi connectivity index (χ0) is 30.4. The van der Waals surface area contributed by atoms with Gasteiger partial charge in [0.25, 0.3) is 0 Å². The summed E-state index contributed by atoms with van der Waals surface area (Å²) in [4.78, 5) is 14.0. The van der Waals surface area contributed by atoms with Crippen LogP contribution < -0.4 is 0 Å². The molecule has 4 unspecified atom stereocenters. The highest BCUT2D eigenvalue weighted by Gasteiger charge is 2.24.